The highest BCUT2D eigenvalue weighted by atomic mass is 19.2. The average molecular weight is 248 g/mol. The maximum Gasteiger partial charge on any atom is 0.251 e. The van der Waals surface area contributed by atoms with Crippen LogP contribution in [0.25, 0.3) is 0 Å². The van der Waals surface area contributed by atoms with Gasteiger partial charge < -0.3 is 10.1 Å². The van der Waals surface area contributed by atoms with Gasteiger partial charge in [-0.15, -0.1) is 0 Å². The molecule has 1 heterocycles. The van der Waals surface area contributed by atoms with Crippen molar-refractivity contribution in [2.45, 2.75) is 25.8 Å². The van der Waals surface area contributed by atoms with Gasteiger partial charge in [-0.3, -0.25) is 0 Å². The third kappa shape index (κ3) is 3.89. The summed E-state index contributed by atoms with van der Waals surface area (Å²) < 4.78 is 43.8. The molecule has 0 fully saturated rings. The molecule has 3 nitrogen and oxygen atoms in total. The first-order chi connectivity index (χ1) is 8.08. The summed E-state index contributed by atoms with van der Waals surface area (Å²) in [5.41, 5.74) is 0. The van der Waals surface area contributed by atoms with E-state index in [0.717, 1.165) is 6.42 Å². The fraction of sp³-hybridized carbons (Fsp3) is 0.545. The standard InChI is InChI=1S/C11H15F3N2O/c1-3-4-7(6-17-2)15-11-9(13)5-8(12)10(14)16-11/h5,7H,3-4,6H2,1-2H3,(H,15,16). The van der Waals surface area contributed by atoms with E-state index in [1.54, 1.807) is 0 Å². The number of hydrogen-bond donors (Lipinski definition) is 1. The van der Waals surface area contributed by atoms with Gasteiger partial charge in [0.2, 0.25) is 0 Å². The Morgan fingerprint density at radius 2 is 2.06 bits per heavy atom. The van der Waals surface area contributed by atoms with Crippen molar-refractivity contribution in [3.8, 4) is 0 Å². The molecule has 0 aromatic carbocycles. The summed E-state index contributed by atoms with van der Waals surface area (Å²) >= 11 is 0. The number of nitrogens with one attached hydrogen (secondary N) is 1. The number of pyridine rings is 1. The molecule has 96 valence electrons. The average Bonchev–Trinajstić information content (AvgIpc) is 2.26. The van der Waals surface area contributed by atoms with Gasteiger partial charge in [0.1, 0.15) is 0 Å². The first-order valence-electron chi connectivity index (χ1n) is 5.35. The van der Waals surface area contributed by atoms with Crippen LogP contribution in [0.1, 0.15) is 19.8 Å². The minimum Gasteiger partial charge on any atom is -0.383 e. The van der Waals surface area contributed by atoms with Gasteiger partial charge in [0.05, 0.1) is 12.6 Å². The van der Waals surface area contributed by atoms with Crippen LogP contribution < -0.4 is 5.32 Å². The molecule has 1 unspecified atom stereocenters. The summed E-state index contributed by atoms with van der Waals surface area (Å²) in [5.74, 6) is -3.83. The maximum absolute atomic E-state index is 13.3. The van der Waals surface area contributed by atoms with E-state index in [-0.39, 0.29) is 11.9 Å². The van der Waals surface area contributed by atoms with Crippen LogP contribution in [-0.2, 0) is 4.74 Å². The van der Waals surface area contributed by atoms with Crippen molar-refractivity contribution in [2.75, 3.05) is 19.0 Å². The Morgan fingerprint density at radius 1 is 1.35 bits per heavy atom. The molecule has 0 aliphatic carbocycles. The summed E-state index contributed by atoms with van der Waals surface area (Å²) in [6.07, 6.45) is 1.57. The Kier molecular flexibility index (Phi) is 5.21. The van der Waals surface area contributed by atoms with Crippen molar-refractivity contribution in [3.63, 3.8) is 0 Å². The van der Waals surface area contributed by atoms with Crippen LogP contribution >= 0.6 is 0 Å². The third-order valence-electron chi connectivity index (χ3n) is 2.23. The van der Waals surface area contributed by atoms with Crippen molar-refractivity contribution >= 4 is 5.82 Å². The van der Waals surface area contributed by atoms with Crippen LogP contribution in [0.5, 0.6) is 0 Å². The lowest BCUT2D eigenvalue weighted by atomic mass is 10.2. The number of aromatic nitrogens is 1. The zero-order valence-electron chi connectivity index (χ0n) is 9.77. The molecule has 0 aliphatic rings. The van der Waals surface area contributed by atoms with E-state index in [0.29, 0.717) is 19.1 Å². The Morgan fingerprint density at radius 3 is 2.65 bits per heavy atom. The quantitative estimate of drug-likeness (QED) is 0.786. The molecule has 0 saturated carbocycles. The van der Waals surface area contributed by atoms with Crippen molar-refractivity contribution in [1.29, 1.82) is 0 Å². The largest absolute Gasteiger partial charge is 0.383 e. The highest BCUT2D eigenvalue weighted by Crippen LogP contribution is 2.16. The van der Waals surface area contributed by atoms with E-state index in [4.69, 9.17) is 4.74 Å². The summed E-state index contributed by atoms with van der Waals surface area (Å²) in [5, 5.41) is 2.70. The second kappa shape index (κ2) is 6.44. The van der Waals surface area contributed by atoms with E-state index in [2.05, 4.69) is 10.3 Å². The summed E-state index contributed by atoms with van der Waals surface area (Å²) in [4.78, 5) is 3.19. The summed E-state index contributed by atoms with van der Waals surface area (Å²) in [7, 11) is 1.51. The lowest BCUT2D eigenvalue weighted by molar-refractivity contribution is 0.182. The molecule has 1 rings (SSSR count). The molecule has 0 amide bonds. The number of rotatable bonds is 6. The smallest absolute Gasteiger partial charge is 0.251 e. The highest BCUT2D eigenvalue weighted by Gasteiger charge is 2.15. The van der Waals surface area contributed by atoms with Crippen LogP contribution in [0, 0.1) is 17.6 Å². The molecule has 1 N–H and O–H groups in total. The molecule has 0 spiro atoms. The van der Waals surface area contributed by atoms with E-state index in [1.165, 1.54) is 7.11 Å². The lowest BCUT2D eigenvalue weighted by Crippen LogP contribution is -2.26. The zero-order chi connectivity index (χ0) is 12.8. The number of halogens is 3. The predicted molar refractivity (Wildman–Crippen MR) is 58.3 cm³/mol. The molecule has 0 saturated heterocycles. The zero-order valence-corrected chi connectivity index (χ0v) is 9.77. The van der Waals surface area contributed by atoms with E-state index < -0.39 is 17.6 Å². The van der Waals surface area contributed by atoms with Gasteiger partial charge in [0, 0.05) is 13.2 Å². The number of anilines is 1. The monoisotopic (exact) mass is 248 g/mol. The number of ether oxygens (including phenoxy) is 1. The van der Waals surface area contributed by atoms with Crippen molar-refractivity contribution < 1.29 is 17.9 Å². The molecule has 6 heteroatoms. The van der Waals surface area contributed by atoms with Gasteiger partial charge in [-0.05, 0) is 6.42 Å². The Bertz CT molecular complexity index is 368. The van der Waals surface area contributed by atoms with Crippen molar-refractivity contribution in [2.24, 2.45) is 0 Å². The van der Waals surface area contributed by atoms with Crippen LogP contribution in [0.15, 0.2) is 6.07 Å². The second-order valence-electron chi connectivity index (χ2n) is 3.68. The third-order valence-corrected chi connectivity index (χ3v) is 2.23. The molecule has 0 radical (unpaired) electrons. The van der Waals surface area contributed by atoms with Crippen LogP contribution in [0.4, 0.5) is 19.0 Å². The van der Waals surface area contributed by atoms with Gasteiger partial charge in [0.15, 0.2) is 17.5 Å². The number of methoxy groups -OCH3 is 1. The SMILES string of the molecule is CCCC(COC)Nc1nc(F)c(F)cc1F. The fourth-order valence-corrected chi connectivity index (χ4v) is 1.49. The Balaban J connectivity index is 2.81. The molecule has 1 atom stereocenters. The van der Waals surface area contributed by atoms with Gasteiger partial charge >= 0.3 is 0 Å². The minimum atomic E-state index is -1.32. The van der Waals surface area contributed by atoms with Crippen molar-refractivity contribution in [1.82, 2.24) is 4.98 Å². The van der Waals surface area contributed by atoms with Crippen LogP contribution in [0.2, 0.25) is 0 Å². The molecule has 0 aliphatic heterocycles. The van der Waals surface area contributed by atoms with Gasteiger partial charge in [0.25, 0.3) is 5.95 Å². The molecular formula is C11H15F3N2O. The van der Waals surface area contributed by atoms with E-state index in [1.807, 2.05) is 6.92 Å². The summed E-state index contributed by atoms with van der Waals surface area (Å²) in [6.45, 7) is 2.30. The van der Waals surface area contributed by atoms with Gasteiger partial charge in [-0.25, -0.2) is 8.78 Å². The van der Waals surface area contributed by atoms with Gasteiger partial charge in [-0.2, -0.15) is 9.37 Å². The number of hydrogen-bond acceptors (Lipinski definition) is 3. The first-order valence-corrected chi connectivity index (χ1v) is 5.35. The van der Waals surface area contributed by atoms with Crippen molar-refractivity contribution in [3.05, 3.63) is 23.6 Å². The first kappa shape index (κ1) is 13.8. The van der Waals surface area contributed by atoms with E-state index >= 15 is 0 Å². The molecule has 0 bridgehead atoms. The summed E-state index contributed by atoms with van der Waals surface area (Å²) in [6, 6.07) is 0.289. The molecule has 17 heavy (non-hydrogen) atoms. The normalized spacial score (nSPS) is 12.5. The van der Waals surface area contributed by atoms with Gasteiger partial charge in [-0.1, -0.05) is 13.3 Å². The lowest BCUT2D eigenvalue weighted by Gasteiger charge is -2.18. The highest BCUT2D eigenvalue weighted by molar-refractivity contribution is 5.37. The molecule has 1 aromatic heterocycles. The maximum atomic E-state index is 13.3. The number of nitrogens with zero attached hydrogens (tertiary/aromatic N) is 1. The molecular weight excluding hydrogens is 233 g/mol. The Hall–Kier alpha value is -1.30. The second-order valence-corrected chi connectivity index (χ2v) is 3.68. The topological polar surface area (TPSA) is 34.1 Å². The van der Waals surface area contributed by atoms with Crippen LogP contribution in [-0.4, -0.2) is 24.7 Å². The molecule has 1 aromatic rings. The van der Waals surface area contributed by atoms with Crippen LogP contribution in [0.3, 0.4) is 0 Å². The Labute approximate surface area is 98.0 Å². The predicted octanol–water partition coefficient (Wildman–Crippen LogP) is 2.73. The van der Waals surface area contributed by atoms with E-state index in [9.17, 15) is 13.2 Å². The minimum absolute atomic E-state index is 0.183. The fourth-order valence-electron chi connectivity index (χ4n) is 1.49.